The molecular formula is C15H17N4O4S+. The summed E-state index contributed by atoms with van der Waals surface area (Å²) in [6.45, 7) is 1.61. The largest absolute Gasteiger partial charge is 0.502 e. The van der Waals surface area contributed by atoms with E-state index < -0.39 is 32.8 Å². The van der Waals surface area contributed by atoms with Gasteiger partial charge in [0.1, 0.15) is 22.6 Å². The number of allylic oxidation sites excluding steroid dienone is 1. The van der Waals surface area contributed by atoms with Crippen LogP contribution < -0.4 is 4.72 Å². The Hall–Kier alpha value is -2.31. The van der Waals surface area contributed by atoms with Crippen LogP contribution in [0.5, 0.6) is 0 Å². The van der Waals surface area contributed by atoms with Crippen LogP contribution >= 0.6 is 0 Å². The highest BCUT2D eigenvalue weighted by atomic mass is 32.2. The summed E-state index contributed by atoms with van der Waals surface area (Å²) in [6, 6.07) is 1.26. The molecule has 0 aromatic rings. The number of rotatable bonds is 4. The standard InChI is InChI=1S/C15H17N4O4S/c1-15(5-6-15)17-24(22,23)10-3-4-12-11(9-10)13(20)18(2)14(21)19(12)8-7-16/h3-4,9-10,17H,5-6,8H2,1-2H3/q+1. The van der Waals surface area contributed by atoms with Crippen LogP contribution in [0.3, 0.4) is 0 Å². The van der Waals surface area contributed by atoms with Crippen molar-refractivity contribution in [2.75, 3.05) is 13.6 Å². The molecule has 24 heavy (non-hydrogen) atoms. The fourth-order valence-corrected chi connectivity index (χ4v) is 4.29. The number of likely N-dealkylation sites (N-methyl/N-ethyl adjacent to an activating group) is 1. The highest BCUT2D eigenvalue weighted by Gasteiger charge is 2.46. The van der Waals surface area contributed by atoms with Crippen LogP contribution in [0.25, 0.3) is 0 Å². The number of hydrogen-bond acceptors (Lipinski definition) is 5. The summed E-state index contributed by atoms with van der Waals surface area (Å²) in [7, 11) is -2.38. The molecule has 0 aromatic carbocycles. The van der Waals surface area contributed by atoms with Gasteiger partial charge in [-0.25, -0.2) is 17.9 Å². The Bertz CT molecular complexity index is 872. The smallest absolute Gasteiger partial charge is 0.241 e. The first kappa shape index (κ1) is 16.5. The van der Waals surface area contributed by atoms with E-state index in [4.69, 9.17) is 5.26 Å². The van der Waals surface area contributed by atoms with E-state index in [1.54, 1.807) is 0 Å². The third-order valence-corrected chi connectivity index (χ3v) is 6.16. The molecule has 1 N–H and O–H groups in total. The molecule has 126 valence electrons. The number of nitriles is 1. The number of urea groups is 1. The molecule has 1 aliphatic heterocycles. The van der Waals surface area contributed by atoms with E-state index >= 15 is 0 Å². The second-order valence-electron chi connectivity index (χ2n) is 6.39. The van der Waals surface area contributed by atoms with Gasteiger partial charge in [0.15, 0.2) is 6.54 Å². The van der Waals surface area contributed by atoms with Gasteiger partial charge in [-0.15, -0.1) is 0 Å². The molecule has 1 fully saturated rings. The zero-order valence-corrected chi connectivity index (χ0v) is 14.1. The summed E-state index contributed by atoms with van der Waals surface area (Å²) >= 11 is 0. The van der Waals surface area contributed by atoms with Gasteiger partial charge < -0.3 is 0 Å². The van der Waals surface area contributed by atoms with Gasteiger partial charge in [-0.05, 0) is 31.9 Å². The Morgan fingerprint density at radius 2 is 2.12 bits per heavy atom. The zero-order valence-electron chi connectivity index (χ0n) is 13.3. The summed E-state index contributed by atoms with van der Waals surface area (Å²) in [5, 5.41) is 7.89. The molecule has 3 rings (SSSR count). The molecule has 1 heterocycles. The SMILES string of the molecule is CN1C(=O)C2=CC(S(=O)(=O)NC3(C)CC3)C=CC2=[N+](CC#N)C1=O. The lowest BCUT2D eigenvalue weighted by Gasteiger charge is -2.24. The molecule has 1 saturated carbocycles. The maximum absolute atomic E-state index is 12.5. The number of sulfonamides is 1. The average molecular weight is 349 g/mol. The number of carbonyl (C=O) groups is 2. The van der Waals surface area contributed by atoms with E-state index in [9.17, 15) is 18.0 Å². The first-order chi connectivity index (χ1) is 11.2. The van der Waals surface area contributed by atoms with Crippen molar-refractivity contribution < 1.29 is 22.6 Å². The monoisotopic (exact) mass is 349 g/mol. The maximum atomic E-state index is 12.5. The quantitative estimate of drug-likeness (QED) is 0.562. The number of fused-ring (bicyclic) bond motifs is 1. The third-order valence-electron chi connectivity index (χ3n) is 4.37. The van der Waals surface area contributed by atoms with E-state index in [0.29, 0.717) is 0 Å². The van der Waals surface area contributed by atoms with E-state index in [0.717, 1.165) is 22.3 Å². The highest BCUT2D eigenvalue weighted by Crippen LogP contribution is 2.36. The Labute approximate surface area is 139 Å². The van der Waals surface area contributed by atoms with Crippen LogP contribution in [-0.4, -0.2) is 59.9 Å². The summed E-state index contributed by atoms with van der Waals surface area (Å²) in [5.74, 6) is -0.577. The van der Waals surface area contributed by atoms with Gasteiger partial charge in [0, 0.05) is 5.54 Å². The Balaban J connectivity index is 2.02. The van der Waals surface area contributed by atoms with Crippen LogP contribution in [0.2, 0.25) is 0 Å². The molecule has 3 aliphatic rings. The van der Waals surface area contributed by atoms with Crippen molar-refractivity contribution in [2.45, 2.75) is 30.6 Å². The lowest BCUT2D eigenvalue weighted by atomic mass is 10.00. The maximum Gasteiger partial charge on any atom is 0.502 e. The van der Waals surface area contributed by atoms with E-state index in [-0.39, 0.29) is 17.8 Å². The van der Waals surface area contributed by atoms with Gasteiger partial charge in [-0.2, -0.15) is 19.5 Å². The number of amides is 3. The molecule has 2 aliphatic carbocycles. The van der Waals surface area contributed by atoms with Crippen LogP contribution in [-0.2, 0) is 14.8 Å². The second-order valence-corrected chi connectivity index (χ2v) is 8.23. The van der Waals surface area contributed by atoms with Crippen molar-refractivity contribution >= 4 is 27.7 Å². The second kappa shape index (κ2) is 5.36. The van der Waals surface area contributed by atoms with Crippen molar-refractivity contribution in [3.63, 3.8) is 0 Å². The third kappa shape index (κ3) is 2.68. The van der Waals surface area contributed by atoms with Gasteiger partial charge in [0.05, 0.1) is 7.05 Å². The molecule has 9 heteroatoms. The first-order valence-corrected chi connectivity index (χ1v) is 9.00. The van der Waals surface area contributed by atoms with E-state index in [1.165, 1.54) is 25.3 Å². The first-order valence-electron chi connectivity index (χ1n) is 7.45. The summed E-state index contributed by atoms with van der Waals surface area (Å²) in [4.78, 5) is 25.3. The van der Waals surface area contributed by atoms with Gasteiger partial charge in [0.25, 0.3) is 0 Å². The van der Waals surface area contributed by atoms with Crippen molar-refractivity contribution in [1.82, 2.24) is 9.62 Å². The molecule has 3 amide bonds. The predicted molar refractivity (Wildman–Crippen MR) is 84.6 cm³/mol. The average Bonchev–Trinajstić information content (AvgIpc) is 3.25. The Morgan fingerprint density at radius 1 is 1.46 bits per heavy atom. The molecule has 0 spiro atoms. The molecule has 1 atom stereocenters. The fourth-order valence-electron chi connectivity index (χ4n) is 2.67. The van der Waals surface area contributed by atoms with E-state index in [2.05, 4.69) is 4.72 Å². The molecule has 0 saturated heterocycles. The highest BCUT2D eigenvalue weighted by molar-refractivity contribution is 7.90. The zero-order chi connectivity index (χ0) is 17.7. The molecule has 8 nitrogen and oxygen atoms in total. The van der Waals surface area contributed by atoms with Gasteiger partial charge >= 0.3 is 11.9 Å². The van der Waals surface area contributed by atoms with Crippen LogP contribution in [0.1, 0.15) is 19.8 Å². The number of nitrogens with one attached hydrogen (secondary N) is 1. The van der Waals surface area contributed by atoms with Gasteiger partial charge in [-0.3, -0.25) is 0 Å². The number of nitrogens with zero attached hydrogens (tertiary/aromatic N) is 3. The minimum atomic E-state index is -3.68. The molecule has 0 aromatic heterocycles. The van der Waals surface area contributed by atoms with E-state index in [1.807, 2.05) is 13.0 Å². The number of hydrogen-bond donors (Lipinski definition) is 1. The summed E-state index contributed by atoms with van der Waals surface area (Å²) < 4.78 is 28.8. The summed E-state index contributed by atoms with van der Waals surface area (Å²) in [6.07, 6.45) is 5.74. The van der Waals surface area contributed by atoms with Crippen LogP contribution in [0, 0.1) is 11.3 Å². The Morgan fingerprint density at radius 3 is 2.71 bits per heavy atom. The molecule has 0 radical (unpaired) electrons. The van der Waals surface area contributed by atoms with Crippen molar-refractivity contribution in [1.29, 1.82) is 5.26 Å². The topological polar surface area (TPSA) is 110 Å². The van der Waals surface area contributed by atoms with Crippen LogP contribution in [0.4, 0.5) is 4.79 Å². The number of imide groups is 1. The van der Waals surface area contributed by atoms with Crippen molar-refractivity contribution in [2.24, 2.45) is 0 Å². The minimum Gasteiger partial charge on any atom is -0.241 e. The molecule has 0 bridgehead atoms. The Kier molecular flexibility index (Phi) is 3.69. The van der Waals surface area contributed by atoms with Crippen molar-refractivity contribution in [3.8, 4) is 6.07 Å². The van der Waals surface area contributed by atoms with Crippen molar-refractivity contribution in [3.05, 3.63) is 23.8 Å². The van der Waals surface area contributed by atoms with Gasteiger partial charge in [0.2, 0.25) is 10.0 Å². The lowest BCUT2D eigenvalue weighted by molar-refractivity contribution is -0.422. The predicted octanol–water partition coefficient (Wildman–Crippen LogP) is -0.108. The lowest BCUT2D eigenvalue weighted by Crippen LogP contribution is -2.50. The molecular weight excluding hydrogens is 332 g/mol. The number of carbonyl (C=O) groups excluding carboxylic acids is 2. The van der Waals surface area contributed by atoms with Gasteiger partial charge in [-0.1, -0.05) is 6.08 Å². The fraction of sp³-hybridized carbons (Fsp3) is 0.467. The minimum absolute atomic E-state index is 0.117. The summed E-state index contributed by atoms with van der Waals surface area (Å²) in [5.41, 5.74) is -0.0364. The normalized spacial score (nSPS) is 25.3. The van der Waals surface area contributed by atoms with Crippen LogP contribution in [0.15, 0.2) is 23.8 Å². The molecule has 1 unspecified atom stereocenters.